The fourth-order valence-electron chi connectivity index (χ4n) is 4.50. The van der Waals surface area contributed by atoms with Crippen molar-refractivity contribution in [1.29, 1.82) is 0 Å². The summed E-state index contributed by atoms with van der Waals surface area (Å²) in [5, 5.41) is 5.05. The molecule has 174 valence electrons. The number of thiophene rings is 2. The second-order valence-electron chi connectivity index (χ2n) is 8.35. The van der Waals surface area contributed by atoms with E-state index in [1.54, 1.807) is 22.7 Å². The van der Waals surface area contributed by atoms with Gasteiger partial charge in [0.05, 0.1) is 25.1 Å². The maximum Gasteiger partial charge on any atom is 0.264 e. The average molecular weight is 493 g/mol. The number of rotatable bonds is 6. The lowest BCUT2D eigenvalue weighted by molar-refractivity contribution is -0.120. The van der Waals surface area contributed by atoms with Crippen LogP contribution in [-0.2, 0) is 22.5 Å². The number of carbonyl (C=O) groups excluding carboxylic acids is 1. The number of carbonyl (C=O) groups is 1. The lowest BCUT2D eigenvalue weighted by Crippen LogP contribution is -2.36. The maximum absolute atomic E-state index is 13.1. The van der Waals surface area contributed by atoms with Crippen LogP contribution < -0.4 is 9.64 Å². The van der Waals surface area contributed by atoms with Gasteiger partial charge in [-0.1, -0.05) is 24.3 Å². The highest BCUT2D eigenvalue weighted by Crippen LogP contribution is 2.40. The van der Waals surface area contributed by atoms with E-state index in [4.69, 9.17) is 19.4 Å². The number of hydrogen-bond donors (Lipinski definition) is 0. The quantitative estimate of drug-likeness (QED) is 0.402. The largest absolute Gasteiger partial charge is 0.467 e. The third-order valence-corrected chi connectivity index (χ3v) is 8.00. The van der Waals surface area contributed by atoms with Crippen LogP contribution in [0.5, 0.6) is 5.88 Å². The predicted octanol–water partition coefficient (Wildman–Crippen LogP) is 4.22. The van der Waals surface area contributed by atoms with E-state index >= 15 is 0 Å². The summed E-state index contributed by atoms with van der Waals surface area (Å²) in [5.74, 6) is 1.14. The highest BCUT2D eigenvalue weighted by Gasteiger charge is 2.26. The van der Waals surface area contributed by atoms with Crippen molar-refractivity contribution in [1.82, 2.24) is 14.9 Å². The van der Waals surface area contributed by atoms with Crippen molar-refractivity contribution >= 4 is 44.5 Å². The third kappa shape index (κ3) is 4.20. The molecule has 5 heterocycles. The monoisotopic (exact) mass is 492 g/mol. The zero-order valence-electron chi connectivity index (χ0n) is 18.6. The van der Waals surface area contributed by atoms with Crippen LogP contribution >= 0.6 is 22.7 Å². The summed E-state index contributed by atoms with van der Waals surface area (Å²) >= 11 is 3.26. The number of fused-ring (bicyclic) bond motifs is 2. The summed E-state index contributed by atoms with van der Waals surface area (Å²) < 4.78 is 11.6. The van der Waals surface area contributed by atoms with Gasteiger partial charge < -0.3 is 14.4 Å². The van der Waals surface area contributed by atoms with E-state index in [1.165, 1.54) is 5.56 Å². The van der Waals surface area contributed by atoms with Crippen molar-refractivity contribution < 1.29 is 14.3 Å². The first kappa shape index (κ1) is 21.7. The van der Waals surface area contributed by atoms with Crippen molar-refractivity contribution in [3.05, 3.63) is 58.5 Å². The number of anilines is 1. The Morgan fingerprint density at radius 3 is 2.79 bits per heavy atom. The van der Waals surface area contributed by atoms with Gasteiger partial charge in [-0.15, -0.1) is 22.7 Å². The fourth-order valence-corrected chi connectivity index (χ4v) is 6.28. The Kier molecular flexibility index (Phi) is 6.00. The fraction of sp³-hybridized carbons (Fsp3) is 0.320. The Bertz CT molecular complexity index is 1320. The van der Waals surface area contributed by atoms with Gasteiger partial charge in [0, 0.05) is 41.1 Å². The van der Waals surface area contributed by atoms with Gasteiger partial charge in [0.15, 0.2) is 6.61 Å². The molecule has 1 saturated heterocycles. The molecule has 7 nitrogen and oxygen atoms in total. The first-order chi connectivity index (χ1) is 16.8. The van der Waals surface area contributed by atoms with Crippen molar-refractivity contribution in [2.75, 3.05) is 44.4 Å². The summed E-state index contributed by atoms with van der Waals surface area (Å²) in [6.45, 7) is 4.41. The molecular weight excluding hydrogens is 468 g/mol. The molecule has 0 radical (unpaired) electrons. The van der Waals surface area contributed by atoms with Crippen LogP contribution in [0.4, 0.5) is 5.69 Å². The Morgan fingerprint density at radius 2 is 1.94 bits per heavy atom. The van der Waals surface area contributed by atoms with Crippen LogP contribution in [0.1, 0.15) is 11.4 Å². The van der Waals surface area contributed by atoms with Gasteiger partial charge in [0.1, 0.15) is 10.7 Å². The van der Waals surface area contributed by atoms with E-state index in [1.807, 2.05) is 29.2 Å². The molecule has 0 saturated carbocycles. The number of benzene rings is 1. The number of amides is 1. The van der Waals surface area contributed by atoms with Gasteiger partial charge in [-0.05, 0) is 29.5 Å². The lowest BCUT2D eigenvalue weighted by atomic mass is 10.2. The van der Waals surface area contributed by atoms with Crippen molar-refractivity contribution in [3.63, 3.8) is 0 Å². The molecule has 3 aromatic heterocycles. The van der Waals surface area contributed by atoms with Gasteiger partial charge in [-0.3, -0.25) is 9.69 Å². The minimum absolute atomic E-state index is 0.0562. The van der Waals surface area contributed by atoms with Gasteiger partial charge in [-0.25, -0.2) is 4.98 Å². The molecule has 0 aliphatic carbocycles. The molecule has 34 heavy (non-hydrogen) atoms. The number of hydrogen-bond acceptors (Lipinski definition) is 8. The molecule has 9 heteroatoms. The molecule has 1 amide bonds. The van der Waals surface area contributed by atoms with E-state index in [2.05, 4.69) is 27.8 Å². The lowest BCUT2D eigenvalue weighted by Gasteiger charge is -2.25. The van der Waals surface area contributed by atoms with Crippen LogP contribution in [0.3, 0.4) is 0 Å². The highest BCUT2D eigenvalue weighted by molar-refractivity contribution is 7.18. The topological polar surface area (TPSA) is 67.8 Å². The Hall–Kier alpha value is -2.85. The molecule has 2 aliphatic heterocycles. The molecule has 0 N–H and O–H groups in total. The second kappa shape index (κ2) is 9.42. The molecule has 0 spiro atoms. The van der Waals surface area contributed by atoms with Crippen LogP contribution in [0, 0.1) is 0 Å². The van der Waals surface area contributed by atoms with E-state index < -0.39 is 0 Å². The SMILES string of the molecule is O=C(COc1nc(CN2CCOCC2)nc2scc(-c3cccs3)c12)N1CCc2ccccc21. The summed E-state index contributed by atoms with van der Waals surface area (Å²) in [6, 6.07) is 12.2. The van der Waals surface area contributed by atoms with Crippen LogP contribution in [0.25, 0.3) is 20.7 Å². The molecule has 6 rings (SSSR count). The summed E-state index contributed by atoms with van der Waals surface area (Å²) in [6.07, 6.45) is 0.871. The maximum atomic E-state index is 13.1. The van der Waals surface area contributed by atoms with Crippen LogP contribution in [0.15, 0.2) is 47.2 Å². The Labute approximate surface area is 205 Å². The number of para-hydroxylation sites is 1. The first-order valence-electron chi connectivity index (χ1n) is 11.4. The summed E-state index contributed by atoms with van der Waals surface area (Å²) in [7, 11) is 0. The van der Waals surface area contributed by atoms with Gasteiger partial charge >= 0.3 is 0 Å². The zero-order chi connectivity index (χ0) is 22.9. The zero-order valence-corrected chi connectivity index (χ0v) is 20.2. The van der Waals surface area contributed by atoms with Crippen molar-refractivity contribution in [2.45, 2.75) is 13.0 Å². The van der Waals surface area contributed by atoms with E-state index in [0.717, 1.165) is 59.1 Å². The number of morpholine rings is 1. The summed E-state index contributed by atoms with van der Waals surface area (Å²) in [4.78, 5) is 28.9. The molecule has 1 aromatic carbocycles. The first-order valence-corrected chi connectivity index (χ1v) is 13.2. The van der Waals surface area contributed by atoms with Crippen molar-refractivity contribution in [2.24, 2.45) is 0 Å². The predicted molar refractivity (Wildman–Crippen MR) is 135 cm³/mol. The van der Waals surface area contributed by atoms with E-state index in [9.17, 15) is 4.79 Å². The Balaban J connectivity index is 1.30. The molecule has 0 unspecified atom stereocenters. The normalized spacial score (nSPS) is 16.2. The number of aromatic nitrogens is 2. The number of nitrogens with zero attached hydrogens (tertiary/aromatic N) is 4. The summed E-state index contributed by atoms with van der Waals surface area (Å²) in [5.41, 5.74) is 3.24. The molecule has 4 aromatic rings. The molecule has 0 atom stereocenters. The standard InChI is InChI=1S/C25H24N4O3S2/c30-22(29-8-7-17-4-1-2-5-19(17)29)15-32-24-23-18(20-6-3-13-33-20)16-34-25(23)27-21(26-24)14-28-9-11-31-12-10-28/h1-6,13,16H,7-12,14-15H2. The Morgan fingerprint density at radius 1 is 1.06 bits per heavy atom. The molecule has 2 aliphatic rings. The van der Waals surface area contributed by atoms with Crippen LogP contribution in [0.2, 0.25) is 0 Å². The number of ether oxygens (including phenoxy) is 2. The van der Waals surface area contributed by atoms with E-state index in [0.29, 0.717) is 24.8 Å². The average Bonchev–Trinajstić information content (AvgIpc) is 3.62. The van der Waals surface area contributed by atoms with Crippen molar-refractivity contribution in [3.8, 4) is 16.3 Å². The smallest absolute Gasteiger partial charge is 0.264 e. The molecule has 1 fully saturated rings. The minimum atomic E-state index is -0.0584. The third-order valence-electron chi connectivity index (χ3n) is 6.22. The van der Waals surface area contributed by atoms with Gasteiger partial charge in [0.2, 0.25) is 5.88 Å². The van der Waals surface area contributed by atoms with Gasteiger partial charge in [0.25, 0.3) is 5.91 Å². The minimum Gasteiger partial charge on any atom is -0.467 e. The molecule has 0 bridgehead atoms. The second-order valence-corrected chi connectivity index (χ2v) is 10.2. The van der Waals surface area contributed by atoms with Crippen LogP contribution in [-0.4, -0.2) is 60.2 Å². The van der Waals surface area contributed by atoms with Gasteiger partial charge in [-0.2, -0.15) is 4.98 Å². The molecular formula is C25H24N4O3S2. The highest BCUT2D eigenvalue weighted by atomic mass is 32.1. The van der Waals surface area contributed by atoms with E-state index in [-0.39, 0.29) is 12.5 Å².